The third-order valence-corrected chi connectivity index (χ3v) is 7.18. The number of carboxylic acids is 1. The van der Waals surface area contributed by atoms with Crippen LogP contribution in [0.1, 0.15) is 37.4 Å². The summed E-state index contributed by atoms with van der Waals surface area (Å²) in [5.74, 6) is -0.485. The summed E-state index contributed by atoms with van der Waals surface area (Å²) in [5.41, 5.74) is 9.41. The van der Waals surface area contributed by atoms with Crippen LogP contribution in [-0.4, -0.2) is 30.4 Å². The van der Waals surface area contributed by atoms with Gasteiger partial charge in [0.1, 0.15) is 28.4 Å². The van der Waals surface area contributed by atoms with E-state index >= 15 is 4.39 Å². The molecular formula is C28H24FN5O2. The van der Waals surface area contributed by atoms with Gasteiger partial charge in [-0.15, -0.1) is 0 Å². The number of hydrogen-bond donors (Lipinski definition) is 2. The van der Waals surface area contributed by atoms with E-state index in [1.807, 2.05) is 52.9 Å². The zero-order chi connectivity index (χ0) is 24.8. The first-order valence-corrected chi connectivity index (χ1v) is 12.0. The van der Waals surface area contributed by atoms with Crippen LogP contribution in [0.2, 0.25) is 0 Å². The van der Waals surface area contributed by atoms with Crippen molar-refractivity contribution in [3.05, 3.63) is 78.6 Å². The van der Waals surface area contributed by atoms with E-state index in [0.29, 0.717) is 53.5 Å². The first-order valence-electron chi connectivity index (χ1n) is 12.0. The fourth-order valence-corrected chi connectivity index (χ4v) is 5.27. The number of imidazole rings is 1. The lowest BCUT2D eigenvalue weighted by atomic mass is 9.81. The van der Waals surface area contributed by atoms with Gasteiger partial charge in [-0.05, 0) is 37.8 Å². The summed E-state index contributed by atoms with van der Waals surface area (Å²) in [5, 5.41) is 10.1. The molecule has 0 radical (unpaired) electrons. The molecule has 0 spiro atoms. The van der Waals surface area contributed by atoms with Gasteiger partial charge in [-0.3, -0.25) is 9.20 Å². The van der Waals surface area contributed by atoms with Crippen LogP contribution in [0, 0.1) is 11.7 Å². The van der Waals surface area contributed by atoms with Crippen LogP contribution >= 0.6 is 0 Å². The summed E-state index contributed by atoms with van der Waals surface area (Å²) in [7, 11) is 0. The third-order valence-electron chi connectivity index (χ3n) is 7.18. The predicted molar refractivity (Wildman–Crippen MR) is 136 cm³/mol. The molecule has 0 amide bonds. The molecule has 0 unspecified atom stereocenters. The van der Waals surface area contributed by atoms with Crippen LogP contribution in [0.3, 0.4) is 0 Å². The van der Waals surface area contributed by atoms with Crippen molar-refractivity contribution in [1.29, 1.82) is 0 Å². The summed E-state index contributed by atoms with van der Waals surface area (Å²) in [6, 6.07) is 17.0. The molecule has 180 valence electrons. The van der Waals surface area contributed by atoms with Crippen LogP contribution < -0.4 is 5.73 Å². The standard InChI is InChI=1S/C28H24FN5O2/c29-22-20(12-10-17-11-13-21(32-23(17)22)16-4-2-1-3-5-16)24-25-26(30)31-14-15-34(25)27(33-24)18-6-8-19(9-7-18)28(35)36/h1-5,10-15,18-19H,6-9H2,(H2,30,31)(H,35,36). The molecule has 3 N–H and O–H groups in total. The van der Waals surface area contributed by atoms with Crippen molar-refractivity contribution in [3.63, 3.8) is 0 Å². The maximum absolute atomic E-state index is 16.1. The average Bonchev–Trinajstić information content (AvgIpc) is 3.30. The quantitative estimate of drug-likeness (QED) is 0.341. The molecule has 0 aliphatic heterocycles. The van der Waals surface area contributed by atoms with Gasteiger partial charge in [0.25, 0.3) is 0 Å². The first kappa shape index (κ1) is 22.2. The zero-order valence-corrected chi connectivity index (χ0v) is 19.4. The molecule has 0 bridgehead atoms. The molecule has 1 aliphatic rings. The van der Waals surface area contributed by atoms with E-state index in [-0.39, 0.29) is 23.2 Å². The van der Waals surface area contributed by atoms with Crippen molar-refractivity contribution in [2.24, 2.45) is 5.92 Å². The number of nitrogens with two attached hydrogens (primary N) is 1. The lowest BCUT2D eigenvalue weighted by molar-refractivity contribution is -0.142. The molecule has 0 atom stereocenters. The first-order chi connectivity index (χ1) is 17.5. The molecule has 1 fully saturated rings. The van der Waals surface area contributed by atoms with E-state index in [1.54, 1.807) is 18.5 Å². The number of nitrogens with zero attached hydrogens (tertiary/aromatic N) is 4. The average molecular weight is 482 g/mol. The van der Waals surface area contributed by atoms with Crippen LogP contribution in [-0.2, 0) is 4.79 Å². The number of pyridine rings is 1. The number of halogens is 1. The lowest BCUT2D eigenvalue weighted by Gasteiger charge is -2.25. The van der Waals surface area contributed by atoms with Crippen molar-refractivity contribution in [2.75, 3.05) is 5.73 Å². The number of hydrogen-bond acceptors (Lipinski definition) is 5. The third kappa shape index (κ3) is 3.66. The molecule has 8 heteroatoms. The number of aromatic nitrogens is 4. The fraction of sp³-hybridized carbons (Fsp3) is 0.214. The molecule has 1 aliphatic carbocycles. The number of carboxylic acid groups (broad SMARTS) is 1. The molecule has 2 aromatic carbocycles. The summed E-state index contributed by atoms with van der Waals surface area (Å²) < 4.78 is 17.9. The predicted octanol–water partition coefficient (Wildman–Crippen LogP) is 5.69. The smallest absolute Gasteiger partial charge is 0.306 e. The summed E-state index contributed by atoms with van der Waals surface area (Å²) in [6.07, 6.45) is 5.94. The maximum Gasteiger partial charge on any atom is 0.306 e. The van der Waals surface area contributed by atoms with Crippen LogP contribution in [0.25, 0.3) is 38.9 Å². The van der Waals surface area contributed by atoms with Gasteiger partial charge in [0, 0.05) is 34.8 Å². The van der Waals surface area contributed by atoms with Crippen molar-refractivity contribution in [3.8, 4) is 22.5 Å². The highest BCUT2D eigenvalue weighted by Gasteiger charge is 2.31. The van der Waals surface area contributed by atoms with E-state index in [9.17, 15) is 9.90 Å². The summed E-state index contributed by atoms with van der Waals surface area (Å²) in [6.45, 7) is 0. The summed E-state index contributed by atoms with van der Waals surface area (Å²) >= 11 is 0. The van der Waals surface area contributed by atoms with Crippen LogP contribution in [0.4, 0.5) is 10.2 Å². The number of rotatable bonds is 4. The minimum absolute atomic E-state index is 0.0509. The van der Waals surface area contributed by atoms with E-state index in [4.69, 9.17) is 10.7 Å². The van der Waals surface area contributed by atoms with Gasteiger partial charge in [0.05, 0.1) is 11.6 Å². The van der Waals surface area contributed by atoms with E-state index < -0.39 is 11.8 Å². The minimum atomic E-state index is -0.754. The Morgan fingerprint density at radius 2 is 1.75 bits per heavy atom. The molecular weight excluding hydrogens is 457 g/mol. The highest BCUT2D eigenvalue weighted by atomic mass is 19.1. The van der Waals surface area contributed by atoms with Gasteiger partial charge in [-0.25, -0.2) is 19.3 Å². The van der Waals surface area contributed by atoms with Crippen LogP contribution in [0.5, 0.6) is 0 Å². The largest absolute Gasteiger partial charge is 0.481 e. The number of benzene rings is 2. The second-order valence-corrected chi connectivity index (χ2v) is 9.30. The molecule has 0 saturated heterocycles. The minimum Gasteiger partial charge on any atom is -0.481 e. The van der Waals surface area contributed by atoms with Crippen molar-refractivity contribution < 1.29 is 14.3 Å². The molecule has 7 nitrogen and oxygen atoms in total. The Morgan fingerprint density at radius 1 is 1.00 bits per heavy atom. The van der Waals surface area contributed by atoms with Crippen molar-refractivity contribution in [2.45, 2.75) is 31.6 Å². The SMILES string of the molecule is Nc1nccn2c(C3CCC(C(=O)O)CC3)nc(-c3ccc4ccc(-c5ccccc5)nc4c3F)c12. The molecule has 3 aromatic heterocycles. The summed E-state index contributed by atoms with van der Waals surface area (Å²) in [4.78, 5) is 25.2. The Kier molecular flexibility index (Phi) is 5.36. The highest BCUT2D eigenvalue weighted by molar-refractivity contribution is 5.92. The van der Waals surface area contributed by atoms with Crippen molar-refractivity contribution >= 4 is 28.2 Å². The number of nitrogen functional groups attached to an aromatic ring is 1. The topological polar surface area (TPSA) is 106 Å². The maximum atomic E-state index is 16.1. The Bertz CT molecular complexity index is 1610. The van der Waals surface area contributed by atoms with Gasteiger partial charge in [0.2, 0.25) is 0 Å². The van der Waals surface area contributed by atoms with Gasteiger partial charge >= 0.3 is 5.97 Å². The van der Waals surface area contributed by atoms with E-state index in [1.165, 1.54) is 0 Å². The normalized spacial score (nSPS) is 18.0. The Hall–Kier alpha value is -4.33. The second kappa shape index (κ2) is 8.71. The van der Waals surface area contributed by atoms with E-state index in [0.717, 1.165) is 11.4 Å². The number of carbonyl (C=O) groups is 1. The van der Waals surface area contributed by atoms with Gasteiger partial charge in [-0.1, -0.05) is 42.5 Å². The van der Waals surface area contributed by atoms with Gasteiger partial charge in [-0.2, -0.15) is 0 Å². The monoisotopic (exact) mass is 481 g/mol. The second-order valence-electron chi connectivity index (χ2n) is 9.30. The van der Waals surface area contributed by atoms with Gasteiger partial charge in [0.15, 0.2) is 5.82 Å². The lowest BCUT2D eigenvalue weighted by Crippen LogP contribution is -2.21. The molecule has 5 aromatic rings. The fourth-order valence-electron chi connectivity index (χ4n) is 5.27. The highest BCUT2D eigenvalue weighted by Crippen LogP contribution is 2.40. The Balaban J connectivity index is 1.48. The zero-order valence-electron chi connectivity index (χ0n) is 19.4. The van der Waals surface area contributed by atoms with Crippen molar-refractivity contribution in [1.82, 2.24) is 19.4 Å². The molecule has 6 rings (SSSR count). The number of fused-ring (bicyclic) bond motifs is 2. The van der Waals surface area contributed by atoms with Gasteiger partial charge < -0.3 is 10.8 Å². The molecule has 3 heterocycles. The Morgan fingerprint density at radius 3 is 2.50 bits per heavy atom. The number of aliphatic carboxylic acids is 1. The van der Waals surface area contributed by atoms with E-state index in [2.05, 4.69) is 9.97 Å². The number of anilines is 1. The van der Waals surface area contributed by atoms with Crippen LogP contribution in [0.15, 0.2) is 67.0 Å². The molecule has 1 saturated carbocycles. The molecule has 36 heavy (non-hydrogen) atoms. The Labute approximate surface area is 206 Å².